The Hall–Kier alpha value is -2.29. The molecule has 2 aliphatic rings. The summed E-state index contributed by atoms with van der Waals surface area (Å²) in [5, 5.41) is 2.50. The number of methoxy groups -OCH3 is 1. The molecule has 1 aromatic heterocycles. The lowest BCUT2D eigenvalue weighted by atomic mass is 9.77. The third-order valence-corrected chi connectivity index (χ3v) is 7.11. The summed E-state index contributed by atoms with van der Waals surface area (Å²) < 4.78 is 5.01. The van der Waals surface area contributed by atoms with Crippen LogP contribution in [-0.2, 0) is 25.7 Å². The second kappa shape index (κ2) is 8.83. The van der Waals surface area contributed by atoms with Crippen molar-refractivity contribution >= 4 is 23.2 Å². The van der Waals surface area contributed by atoms with E-state index in [4.69, 9.17) is 9.57 Å². The number of carbonyl (C=O) groups is 2. The molecule has 0 aliphatic carbocycles. The number of aromatic nitrogens is 1. The molecule has 160 valence electrons. The number of hydrogen-bond donors (Lipinski definition) is 0. The van der Waals surface area contributed by atoms with E-state index in [0.29, 0.717) is 19.4 Å². The van der Waals surface area contributed by atoms with Crippen LogP contribution in [0.5, 0.6) is 0 Å². The molecule has 2 fully saturated rings. The molecular formula is C22H27N3O4S. The van der Waals surface area contributed by atoms with Crippen LogP contribution < -0.4 is 0 Å². The standard InChI is InChI=1S/C22H27N3O4S/c1-3-29-25-19(26)13-18(21(27)28-2)22(25)9-11-24(12-10-22)15-17-14-23-20(30-17)16-7-5-4-6-8-16/h4-8,14,18H,3,9-13,15H2,1-2H3. The molecule has 2 saturated heterocycles. The molecule has 4 rings (SSSR count). The molecule has 1 atom stereocenters. The molecule has 0 radical (unpaired) electrons. The number of esters is 1. The summed E-state index contributed by atoms with van der Waals surface area (Å²) in [4.78, 5) is 38.8. The maximum absolute atomic E-state index is 12.6. The molecule has 0 N–H and O–H groups in total. The number of amides is 1. The van der Waals surface area contributed by atoms with Crippen LogP contribution in [0.15, 0.2) is 36.5 Å². The predicted molar refractivity (Wildman–Crippen MR) is 113 cm³/mol. The van der Waals surface area contributed by atoms with Gasteiger partial charge in [0.25, 0.3) is 0 Å². The Balaban J connectivity index is 1.45. The van der Waals surface area contributed by atoms with E-state index in [1.807, 2.05) is 31.3 Å². The zero-order chi connectivity index (χ0) is 21.1. The summed E-state index contributed by atoms with van der Waals surface area (Å²) in [5.74, 6) is -0.929. The van der Waals surface area contributed by atoms with Crippen LogP contribution in [0, 0.1) is 5.92 Å². The minimum Gasteiger partial charge on any atom is -0.469 e. The van der Waals surface area contributed by atoms with Gasteiger partial charge in [0.05, 0.1) is 25.2 Å². The van der Waals surface area contributed by atoms with Crippen molar-refractivity contribution in [1.29, 1.82) is 0 Å². The van der Waals surface area contributed by atoms with E-state index < -0.39 is 11.5 Å². The molecule has 0 bridgehead atoms. The van der Waals surface area contributed by atoms with Crippen LogP contribution >= 0.6 is 11.3 Å². The first-order chi connectivity index (χ1) is 14.6. The minimum absolute atomic E-state index is 0.129. The van der Waals surface area contributed by atoms with Gasteiger partial charge in [0, 0.05) is 42.7 Å². The lowest BCUT2D eigenvalue weighted by Crippen LogP contribution is -2.57. The van der Waals surface area contributed by atoms with E-state index in [2.05, 4.69) is 22.0 Å². The Morgan fingerprint density at radius 1 is 1.27 bits per heavy atom. The number of likely N-dealkylation sites (tertiary alicyclic amines) is 1. The van der Waals surface area contributed by atoms with Gasteiger partial charge in [0.15, 0.2) is 0 Å². The van der Waals surface area contributed by atoms with Crippen molar-refractivity contribution in [3.8, 4) is 10.6 Å². The number of piperidine rings is 1. The summed E-state index contributed by atoms with van der Waals surface area (Å²) in [6, 6.07) is 10.2. The fraction of sp³-hybridized carbons (Fsp3) is 0.500. The van der Waals surface area contributed by atoms with Crippen LogP contribution in [0.4, 0.5) is 0 Å². The number of hydroxylamine groups is 2. The predicted octanol–water partition coefficient (Wildman–Crippen LogP) is 3.12. The SMILES string of the molecule is CCON1C(=O)CC(C(=O)OC)C12CCN(Cc1cnc(-c3ccccc3)s1)CC2. The first-order valence-corrected chi connectivity index (χ1v) is 11.2. The molecule has 2 aromatic rings. The second-order valence-electron chi connectivity index (χ2n) is 7.76. The number of ether oxygens (including phenoxy) is 1. The average molecular weight is 430 g/mol. The number of thiazole rings is 1. The minimum atomic E-state index is -0.612. The van der Waals surface area contributed by atoms with E-state index in [9.17, 15) is 9.59 Å². The number of rotatable bonds is 6. The van der Waals surface area contributed by atoms with Gasteiger partial charge in [-0.25, -0.2) is 10.0 Å². The van der Waals surface area contributed by atoms with Crippen molar-refractivity contribution in [2.24, 2.45) is 5.92 Å². The number of hydrogen-bond acceptors (Lipinski definition) is 7. The largest absolute Gasteiger partial charge is 0.469 e. The smallest absolute Gasteiger partial charge is 0.311 e. The van der Waals surface area contributed by atoms with Gasteiger partial charge in [0.1, 0.15) is 5.01 Å². The highest BCUT2D eigenvalue weighted by Gasteiger charge is 2.58. The normalized spacial score (nSPS) is 21.3. The van der Waals surface area contributed by atoms with Crippen molar-refractivity contribution in [3.05, 3.63) is 41.4 Å². The highest BCUT2D eigenvalue weighted by atomic mass is 32.1. The van der Waals surface area contributed by atoms with Crippen molar-refractivity contribution < 1.29 is 19.2 Å². The van der Waals surface area contributed by atoms with Crippen LogP contribution in [0.25, 0.3) is 10.6 Å². The number of carbonyl (C=O) groups excluding carboxylic acids is 2. The summed E-state index contributed by atoms with van der Waals surface area (Å²) >= 11 is 1.71. The molecule has 1 amide bonds. The Morgan fingerprint density at radius 3 is 2.67 bits per heavy atom. The Labute approximate surface area is 180 Å². The quantitative estimate of drug-likeness (QED) is 0.657. The molecule has 8 heteroatoms. The Morgan fingerprint density at radius 2 is 2.00 bits per heavy atom. The van der Waals surface area contributed by atoms with Gasteiger partial charge in [-0.1, -0.05) is 30.3 Å². The van der Waals surface area contributed by atoms with Gasteiger partial charge in [-0.2, -0.15) is 0 Å². The fourth-order valence-electron chi connectivity index (χ4n) is 4.58. The monoisotopic (exact) mass is 429 g/mol. The van der Waals surface area contributed by atoms with E-state index in [0.717, 1.165) is 30.2 Å². The summed E-state index contributed by atoms with van der Waals surface area (Å²) in [5.41, 5.74) is 0.517. The highest BCUT2D eigenvalue weighted by molar-refractivity contribution is 7.15. The third-order valence-electron chi connectivity index (χ3n) is 6.08. The second-order valence-corrected chi connectivity index (χ2v) is 8.88. The van der Waals surface area contributed by atoms with Gasteiger partial charge in [-0.15, -0.1) is 11.3 Å². The summed E-state index contributed by atoms with van der Waals surface area (Å²) in [6.45, 7) is 4.63. The third kappa shape index (κ3) is 3.87. The summed E-state index contributed by atoms with van der Waals surface area (Å²) in [7, 11) is 1.38. The molecule has 1 spiro atoms. The van der Waals surface area contributed by atoms with Gasteiger partial charge in [-0.3, -0.25) is 19.3 Å². The first-order valence-electron chi connectivity index (χ1n) is 10.3. The maximum Gasteiger partial charge on any atom is 0.311 e. The van der Waals surface area contributed by atoms with E-state index >= 15 is 0 Å². The zero-order valence-corrected chi connectivity index (χ0v) is 18.2. The molecule has 3 heterocycles. The van der Waals surface area contributed by atoms with Crippen LogP contribution in [-0.4, -0.2) is 59.2 Å². The maximum atomic E-state index is 12.6. The van der Waals surface area contributed by atoms with Crippen LogP contribution in [0.1, 0.15) is 31.1 Å². The first kappa shape index (κ1) is 21.0. The lowest BCUT2D eigenvalue weighted by Gasteiger charge is -2.45. The topological polar surface area (TPSA) is 72.0 Å². The Bertz CT molecular complexity index is 893. The zero-order valence-electron chi connectivity index (χ0n) is 17.4. The average Bonchev–Trinajstić information content (AvgIpc) is 3.34. The molecule has 2 aliphatic heterocycles. The number of nitrogens with zero attached hydrogens (tertiary/aromatic N) is 3. The van der Waals surface area contributed by atoms with Gasteiger partial charge in [0.2, 0.25) is 5.91 Å². The molecule has 0 saturated carbocycles. The molecule has 7 nitrogen and oxygen atoms in total. The Kier molecular flexibility index (Phi) is 6.17. The van der Waals surface area contributed by atoms with Crippen molar-refractivity contribution in [1.82, 2.24) is 14.9 Å². The van der Waals surface area contributed by atoms with E-state index in [1.165, 1.54) is 17.1 Å². The van der Waals surface area contributed by atoms with E-state index in [-0.39, 0.29) is 18.3 Å². The van der Waals surface area contributed by atoms with Crippen LogP contribution in [0.3, 0.4) is 0 Å². The van der Waals surface area contributed by atoms with Gasteiger partial charge < -0.3 is 4.74 Å². The van der Waals surface area contributed by atoms with Gasteiger partial charge >= 0.3 is 5.97 Å². The molecular weight excluding hydrogens is 402 g/mol. The van der Waals surface area contributed by atoms with E-state index in [1.54, 1.807) is 11.3 Å². The van der Waals surface area contributed by atoms with Crippen LogP contribution in [0.2, 0.25) is 0 Å². The molecule has 30 heavy (non-hydrogen) atoms. The van der Waals surface area contributed by atoms with Crippen molar-refractivity contribution in [2.75, 3.05) is 26.8 Å². The molecule has 1 unspecified atom stereocenters. The number of benzene rings is 1. The fourth-order valence-corrected chi connectivity index (χ4v) is 5.54. The van der Waals surface area contributed by atoms with Crippen molar-refractivity contribution in [3.63, 3.8) is 0 Å². The van der Waals surface area contributed by atoms with Crippen molar-refractivity contribution in [2.45, 2.75) is 38.3 Å². The summed E-state index contributed by atoms with van der Waals surface area (Å²) in [6.07, 6.45) is 3.47. The molecule has 1 aromatic carbocycles. The lowest BCUT2D eigenvalue weighted by molar-refractivity contribution is -0.221. The van der Waals surface area contributed by atoms with Gasteiger partial charge in [-0.05, 0) is 19.8 Å². The highest BCUT2D eigenvalue weighted by Crippen LogP contribution is 2.44.